The summed E-state index contributed by atoms with van der Waals surface area (Å²) in [6, 6.07) is 7.44. The van der Waals surface area contributed by atoms with Crippen LogP contribution in [0.25, 0.3) is 5.69 Å². The maximum Gasteiger partial charge on any atom is 0.253 e. The van der Waals surface area contributed by atoms with Crippen molar-refractivity contribution in [1.82, 2.24) is 25.1 Å². The number of hydrogen-bond acceptors (Lipinski definition) is 4. The van der Waals surface area contributed by atoms with Gasteiger partial charge >= 0.3 is 0 Å². The molecule has 1 saturated carbocycles. The molecule has 7 heteroatoms. The molecule has 3 rings (SSSR count). The van der Waals surface area contributed by atoms with Gasteiger partial charge in [0.1, 0.15) is 0 Å². The SMILES string of the molecule is O=C(N[C@H]1CCC[C@H]1NCl)c1ccccc1-n1nccn1. The van der Waals surface area contributed by atoms with Crippen LogP contribution >= 0.6 is 11.8 Å². The minimum absolute atomic E-state index is 0.0497. The minimum Gasteiger partial charge on any atom is -0.348 e. The van der Waals surface area contributed by atoms with Gasteiger partial charge in [-0.1, -0.05) is 12.1 Å². The highest BCUT2D eigenvalue weighted by atomic mass is 35.5. The molecule has 0 unspecified atom stereocenters. The Balaban J connectivity index is 1.82. The summed E-state index contributed by atoms with van der Waals surface area (Å²) in [7, 11) is 0. The van der Waals surface area contributed by atoms with E-state index in [4.69, 9.17) is 11.8 Å². The summed E-state index contributed by atoms with van der Waals surface area (Å²) in [4.78, 5) is 16.7. The molecule has 0 saturated heterocycles. The smallest absolute Gasteiger partial charge is 0.253 e. The largest absolute Gasteiger partial charge is 0.348 e. The Bertz CT molecular complexity index is 616. The van der Waals surface area contributed by atoms with Gasteiger partial charge in [0.25, 0.3) is 5.91 Å². The topological polar surface area (TPSA) is 71.8 Å². The molecule has 1 aromatic carbocycles. The van der Waals surface area contributed by atoms with E-state index in [-0.39, 0.29) is 18.0 Å². The second-order valence-electron chi connectivity index (χ2n) is 5.06. The molecule has 2 aromatic rings. The average Bonchev–Trinajstić information content (AvgIpc) is 3.18. The molecule has 1 heterocycles. The predicted octanol–water partition coefficient (Wildman–Crippen LogP) is 1.66. The number of amides is 1. The average molecular weight is 306 g/mol. The van der Waals surface area contributed by atoms with E-state index in [9.17, 15) is 4.79 Å². The third kappa shape index (κ3) is 2.91. The highest BCUT2D eigenvalue weighted by molar-refractivity contribution is 6.13. The van der Waals surface area contributed by atoms with E-state index in [1.165, 1.54) is 4.80 Å². The van der Waals surface area contributed by atoms with Crippen LogP contribution < -0.4 is 10.2 Å². The Hall–Kier alpha value is -1.92. The lowest BCUT2D eigenvalue weighted by atomic mass is 10.1. The van der Waals surface area contributed by atoms with Crippen molar-refractivity contribution in [3.8, 4) is 5.69 Å². The maximum absolute atomic E-state index is 12.5. The first-order valence-electron chi connectivity index (χ1n) is 6.92. The lowest BCUT2D eigenvalue weighted by Crippen LogP contribution is -2.44. The molecule has 0 spiro atoms. The van der Waals surface area contributed by atoms with Gasteiger partial charge in [-0.3, -0.25) is 4.79 Å². The molecular formula is C14H16ClN5O. The number of carbonyl (C=O) groups is 1. The van der Waals surface area contributed by atoms with E-state index in [0.717, 1.165) is 19.3 Å². The Morgan fingerprint density at radius 2 is 1.90 bits per heavy atom. The first kappa shape index (κ1) is 14.0. The van der Waals surface area contributed by atoms with E-state index >= 15 is 0 Å². The summed E-state index contributed by atoms with van der Waals surface area (Å²) in [6.45, 7) is 0. The molecule has 6 nitrogen and oxygen atoms in total. The molecule has 0 aliphatic heterocycles. The number of nitrogens with zero attached hydrogens (tertiary/aromatic N) is 3. The standard InChI is InChI=1S/C14H16ClN5O/c15-19-12-6-3-5-11(12)18-14(21)10-4-1-2-7-13(10)20-16-8-9-17-20/h1-2,4,7-9,11-12,19H,3,5-6H2,(H,18,21)/t11-,12+/m0/s1. The van der Waals surface area contributed by atoms with Crippen molar-refractivity contribution in [1.29, 1.82) is 0 Å². The first-order valence-corrected chi connectivity index (χ1v) is 7.30. The fourth-order valence-electron chi connectivity index (χ4n) is 2.69. The Morgan fingerprint density at radius 3 is 2.67 bits per heavy atom. The third-order valence-corrected chi connectivity index (χ3v) is 4.04. The van der Waals surface area contributed by atoms with Crippen LogP contribution in [-0.4, -0.2) is 33.0 Å². The number of para-hydroxylation sites is 1. The lowest BCUT2D eigenvalue weighted by Gasteiger charge is -2.20. The second-order valence-corrected chi connectivity index (χ2v) is 5.28. The van der Waals surface area contributed by atoms with Crippen molar-refractivity contribution in [2.75, 3.05) is 0 Å². The molecule has 0 bridgehead atoms. The molecular weight excluding hydrogens is 290 g/mol. The number of rotatable bonds is 4. The summed E-state index contributed by atoms with van der Waals surface area (Å²) in [5.74, 6) is -0.133. The van der Waals surface area contributed by atoms with Crippen LogP contribution in [0, 0.1) is 0 Å². The van der Waals surface area contributed by atoms with E-state index in [2.05, 4.69) is 20.3 Å². The van der Waals surface area contributed by atoms with E-state index in [0.29, 0.717) is 11.3 Å². The van der Waals surface area contributed by atoms with Crippen LogP contribution in [-0.2, 0) is 0 Å². The lowest BCUT2D eigenvalue weighted by molar-refractivity contribution is 0.0933. The zero-order valence-corrected chi connectivity index (χ0v) is 12.1. The van der Waals surface area contributed by atoms with Crippen LogP contribution in [0.3, 0.4) is 0 Å². The van der Waals surface area contributed by atoms with Crippen molar-refractivity contribution in [3.05, 3.63) is 42.2 Å². The number of aromatic nitrogens is 3. The monoisotopic (exact) mass is 305 g/mol. The number of carbonyl (C=O) groups excluding carboxylic acids is 1. The van der Waals surface area contributed by atoms with Gasteiger partial charge in [0.05, 0.1) is 23.6 Å². The number of benzene rings is 1. The molecule has 1 fully saturated rings. The maximum atomic E-state index is 12.5. The van der Waals surface area contributed by atoms with Crippen LogP contribution in [0.1, 0.15) is 29.6 Å². The molecule has 2 N–H and O–H groups in total. The number of hydrogen-bond donors (Lipinski definition) is 2. The van der Waals surface area contributed by atoms with Crippen molar-refractivity contribution >= 4 is 17.7 Å². The van der Waals surface area contributed by atoms with E-state index in [1.54, 1.807) is 18.5 Å². The van der Waals surface area contributed by atoms with Gasteiger partial charge < -0.3 is 5.32 Å². The third-order valence-electron chi connectivity index (χ3n) is 3.76. The quantitative estimate of drug-likeness (QED) is 0.843. The Morgan fingerprint density at radius 1 is 1.19 bits per heavy atom. The number of halogens is 1. The van der Waals surface area contributed by atoms with Crippen LogP contribution in [0.4, 0.5) is 0 Å². The summed E-state index contributed by atoms with van der Waals surface area (Å²) < 4.78 is 0. The van der Waals surface area contributed by atoms with E-state index < -0.39 is 0 Å². The van der Waals surface area contributed by atoms with Gasteiger partial charge in [0, 0.05) is 12.1 Å². The first-order chi connectivity index (χ1) is 10.3. The summed E-state index contributed by atoms with van der Waals surface area (Å²) in [5, 5.41) is 11.2. The van der Waals surface area contributed by atoms with Crippen LogP contribution in [0.15, 0.2) is 36.7 Å². The Labute approximate surface area is 127 Å². The molecule has 1 aromatic heterocycles. The second kappa shape index (κ2) is 6.24. The molecule has 1 amide bonds. The molecule has 1 aliphatic carbocycles. The van der Waals surface area contributed by atoms with Crippen molar-refractivity contribution in [3.63, 3.8) is 0 Å². The van der Waals surface area contributed by atoms with Crippen molar-refractivity contribution in [2.45, 2.75) is 31.3 Å². The van der Waals surface area contributed by atoms with Crippen LogP contribution in [0.2, 0.25) is 0 Å². The fraction of sp³-hybridized carbons (Fsp3) is 0.357. The Kier molecular flexibility index (Phi) is 4.17. The van der Waals surface area contributed by atoms with Gasteiger partial charge in [-0.05, 0) is 43.2 Å². The predicted molar refractivity (Wildman–Crippen MR) is 79.2 cm³/mol. The van der Waals surface area contributed by atoms with E-state index in [1.807, 2.05) is 18.2 Å². The van der Waals surface area contributed by atoms with Gasteiger partial charge in [0.2, 0.25) is 0 Å². The molecule has 0 radical (unpaired) electrons. The zero-order chi connectivity index (χ0) is 14.7. The highest BCUT2D eigenvalue weighted by Crippen LogP contribution is 2.21. The van der Waals surface area contributed by atoms with Gasteiger partial charge in [-0.15, -0.1) is 0 Å². The van der Waals surface area contributed by atoms with Gasteiger partial charge in [-0.25, -0.2) is 4.84 Å². The molecule has 21 heavy (non-hydrogen) atoms. The minimum atomic E-state index is -0.133. The van der Waals surface area contributed by atoms with Gasteiger partial charge in [0.15, 0.2) is 0 Å². The van der Waals surface area contributed by atoms with Crippen molar-refractivity contribution in [2.24, 2.45) is 0 Å². The summed E-state index contributed by atoms with van der Waals surface area (Å²) >= 11 is 5.72. The molecule has 110 valence electrons. The number of nitrogens with one attached hydrogen (secondary N) is 2. The zero-order valence-electron chi connectivity index (χ0n) is 11.4. The normalized spacial score (nSPS) is 21.4. The van der Waals surface area contributed by atoms with Crippen LogP contribution in [0.5, 0.6) is 0 Å². The summed E-state index contributed by atoms with van der Waals surface area (Å²) in [5.41, 5.74) is 1.21. The highest BCUT2D eigenvalue weighted by Gasteiger charge is 2.28. The van der Waals surface area contributed by atoms with Gasteiger partial charge in [-0.2, -0.15) is 15.0 Å². The summed E-state index contributed by atoms with van der Waals surface area (Å²) in [6.07, 6.45) is 6.12. The molecule has 2 atom stereocenters. The van der Waals surface area contributed by atoms with Crippen molar-refractivity contribution < 1.29 is 4.79 Å². The fourth-order valence-corrected chi connectivity index (χ4v) is 2.95. The molecule has 1 aliphatic rings.